The summed E-state index contributed by atoms with van der Waals surface area (Å²) in [6, 6.07) is 4.14. The molecular formula is C14H17N3OS. The van der Waals surface area contributed by atoms with Gasteiger partial charge in [-0.05, 0) is 24.4 Å². The molecule has 0 radical (unpaired) electrons. The summed E-state index contributed by atoms with van der Waals surface area (Å²) in [7, 11) is 0. The first-order valence-electron chi connectivity index (χ1n) is 6.61. The van der Waals surface area contributed by atoms with Crippen LogP contribution in [0.5, 0.6) is 0 Å². The SMILES string of the molecule is CCc1ccc(CN2CCc3[nH]c(=S)ncc3C2)o1. The Morgan fingerprint density at radius 1 is 1.42 bits per heavy atom. The molecule has 0 fully saturated rings. The molecule has 0 spiro atoms. The Balaban J connectivity index is 1.71. The average Bonchev–Trinajstić information content (AvgIpc) is 2.86. The molecule has 0 saturated carbocycles. The van der Waals surface area contributed by atoms with Crippen molar-refractivity contribution in [1.29, 1.82) is 0 Å². The number of nitrogens with one attached hydrogen (secondary N) is 1. The van der Waals surface area contributed by atoms with Crippen LogP contribution in [-0.4, -0.2) is 21.4 Å². The average molecular weight is 275 g/mol. The van der Waals surface area contributed by atoms with Crippen LogP contribution in [0.15, 0.2) is 22.7 Å². The van der Waals surface area contributed by atoms with Gasteiger partial charge in [-0.1, -0.05) is 6.92 Å². The molecule has 0 aliphatic carbocycles. The quantitative estimate of drug-likeness (QED) is 0.875. The van der Waals surface area contributed by atoms with Gasteiger partial charge in [0, 0.05) is 43.4 Å². The van der Waals surface area contributed by atoms with Crippen molar-refractivity contribution in [1.82, 2.24) is 14.9 Å². The fraction of sp³-hybridized carbons (Fsp3) is 0.429. The van der Waals surface area contributed by atoms with E-state index in [4.69, 9.17) is 16.6 Å². The van der Waals surface area contributed by atoms with Gasteiger partial charge in [0.1, 0.15) is 11.5 Å². The molecule has 0 saturated heterocycles. The van der Waals surface area contributed by atoms with E-state index in [1.165, 1.54) is 11.3 Å². The number of nitrogens with zero attached hydrogens (tertiary/aromatic N) is 2. The number of aromatic amines is 1. The second-order valence-electron chi connectivity index (χ2n) is 4.87. The number of fused-ring (bicyclic) bond motifs is 1. The minimum Gasteiger partial charge on any atom is -0.465 e. The lowest BCUT2D eigenvalue weighted by Gasteiger charge is -2.27. The molecule has 1 aliphatic rings. The van der Waals surface area contributed by atoms with Gasteiger partial charge in [0.2, 0.25) is 0 Å². The highest BCUT2D eigenvalue weighted by molar-refractivity contribution is 7.71. The van der Waals surface area contributed by atoms with E-state index in [0.29, 0.717) is 4.77 Å². The summed E-state index contributed by atoms with van der Waals surface area (Å²) in [5, 5.41) is 0. The summed E-state index contributed by atoms with van der Waals surface area (Å²) in [5.41, 5.74) is 2.46. The van der Waals surface area contributed by atoms with E-state index in [1.54, 1.807) is 0 Å². The molecule has 5 heteroatoms. The normalized spacial score (nSPS) is 15.4. The molecule has 3 heterocycles. The van der Waals surface area contributed by atoms with Crippen LogP contribution >= 0.6 is 12.2 Å². The molecule has 0 amide bonds. The first-order chi connectivity index (χ1) is 9.24. The predicted molar refractivity (Wildman–Crippen MR) is 75.3 cm³/mol. The third kappa shape index (κ3) is 2.77. The lowest BCUT2D eigenvalue weighted by atomic mass is 10.1. The zero-order valence-corrected chi connectivity index (χ0v) is 11.8. The Kier molecular flexibility index (Phi) is 3.48. The topological polar surface area (TPSA) is 45.1 Å². The first-order valence-corrected chi connectivity index (χ1v) is 7.02. The molecule has 2 aromatic rings. The molecule has 0 unspecified atom stereocenters. The summed E-state index contributed by atoms with van der Waals surface area (Å²) < 4.78 is 6.34. The summed E-state index contributed by atoms with van der Waals surface area (Å²) in [5.74, 6) is 2.09. The number of hydrogen-bond acceptors (Lipinski definition) is 4. The van der Waals surface area contributed by atoms with Crippen LogP contribution in [0.3, 0.4) is 0 Å². The summed E-state index contributed by atoms with van der Waals surface area (Å²) in [4.78, 5) is 9.71. The third-order valence-electron chi connectivity index (χ3n) is 3.50. The third-order valence-corrected chi connectivity index (χ3v) is 3.71. The van der Waals surface area contributed by atoms with Gasteiger partial charge in [-0.25, -0.2) is 4.98 Å². The van der Waals surface area contributed by atoms with Gasteiger partial charge < -0.3 is 9.40 Å². The van der Waals surface area contributed by atoms with Crippen LogP contribution in [-0.2, 0) is 25.9 Å². The minimum absolute atomic E-state index is 0.575. The van der Waals surface area contributed by atoms with E-state index in [2.05, 4.69) is 33.9 Å². The summed E-state index contributed by atoms with van der Waals surface area (Å²) in [6.07, 6.45) is 3.83. The van der Waals surface area contributed by atoms with Crippen molar-refractivity contribution >= 4 is 12.2 Å². The van der Waals surface area contributed by atoms with E-state index < -0.39 is 0 Å². The van der Waals surface area contributed by atoms with Gasteiger partial charge in [0.05, 0.1) is 6.54 Å². The number of hydrogen-bond donors (Lipinski definition) is 1. The minimum atomic E-state index is 0.575. The number of furan rings is 1. The van der Waals surface area contributed by atoms with Crippen molar-refractivity contribution in [3.05, 3.63) is 45.9 Å². The number of rotatable bonds is 3. The van der Waals surface area contributed by atoms with Crippen molar-refractivity contribution in [3.63, 3.8) is 0 Å². The zero-order valence-electron chi connectivity index (χ0n) is 11.0. The van der Waals surface area contributed by atoms with Crippen LogP contribution in [0.2, 0.25) is 0 Å². The van der Waals surface area contributed by atoms with Gasteiger partial charge in [-0.3, -0.25) is 4.90 Å². The van der Waals surface area contributed by atoms with Crippen LogP contribution < -0.4 is 0 Å². The van der Waals surface area contributed by atoms with E-state index >= 15 is 0 Å². The van der Waals surface area contributed by atoms with Crippen molar-refractivity contribution < 1.29 is 4.42 Å². The smallest absolute Gasteiger partial charge is 0.196 e. The maximum atomic E-state index is 5.76. The molecule has 1 aliphatic heterocycles. The van der Waals surface area contributed by atoms with Gasteiger partial charge in [-0.15, -0.1) is 0 Å². The fourth-order valence-corrected chi connectivity index (χ4v) is 2.63. The van der Waals surface area contributed by atoms with E-state index in [0.717, 1.165) is 44.0 Å². The number of aryl methyl sites for hydroxylation is 1. The van der Waals surface area contributed by atoms with Crippen molar-refractivity contribution in [3.8, 4) is 0 Å². The van der Waals surface area contributed by atoms with Crippen molar-refractivity contribution in [2.75, 3.05) is 6.54 Å². The van der Waals surface area contributed by atoms with E-state index in [1.807, 2.05) is 6.20 Å². The molecule has 0 aromatic carbocycles. The van der Waals surface area contributed by atoms with Crippen molar-refractivity contribution in [2.24, 2.45) is 0 Å². The zero-order chi connectivity index (χ0) is 13.2. The second-order valence-corrected chi connectivity index (χ2v) is 5.26. The highest BCUT2D eigenvalue weighted by atomic mass is 32.1. The molecule has 100 valence electrons. The lowest BCUT2D eigenvalue weighted by Crippen LogP contribution is -2.30. The highest BCUT2D eigenvalue weighted by Crippen LogP contribution is 2.19. The molecule has 4 nitrogen and oxygen atoms in total. The molecule has 3 rings (SSSR count). The van der Waals surface area contributed by atoms with E-state index in [-0.39, 0.29) is 0 Å². The monoisotopic (exact) mass is 275 g/mol. The summed E-state index contributed by atoms with van der Waals surface area (Å²) >= 11 is 5.05. The van der Waals surface area contributed by atoms with E-state index in [9.17, 15) is 0 Å². The molecule has 0 bridgehead atoms. The Morgan fingerprint density at radius 2 is 2.26 bits per heavy atom. The number of aromatic nitrogens is 2. The largest absolute Gasteiger partial charge is 0.465 e. The Labute approximate surface area is 117 Å². The maximum Gasteiger partial charge on any atom is 0.196 e. The molecule has 0 atom stereocenters. The van der Waals surface area contributed by atoms with Crippen molar-refractivity contribution in [2.45, 2.75) is 32.9 Å². The van der Waals surface area contributed by atoms with Gasteiger partial charge in [0.15, 0.2) is 4.77 Å². The molecule has 19 heavy (non-hydrogen) atoms. The standard InChI is InChI=1S/C14H17N3OS/c1-2-11-3-4-12(18-11)9-17-6-5-13-10(8-17)7-15-14(19)16-13/h3-4,7H,2,5-6,8-9H2,1H3,(H,15,16,19). The molecule has 1 N–H and O–H groups in total. The fourth-order valence-electron chi connectivity index (χ4n) is 2.46. The van der Waals surface area contributed by atoms with Gasteiger partial charge >= 0.3 is 0 Å². The first kappa shape index (κ1) is 12.6. The van der Waals surface area contributed by atoms with Crippen LogP contribution in [0.1, 0.15) is 29.7 Å². The lowest BCUT2D eigenvalue weighted by molar-refractivity contribution is 0.221. The van der Waals surface area contributed by atoms with Gasteiger partial charge in [-0.2, -0.15) is 0 Å². The number of H-pyrrole nitrogens is 1. The Hall–Kier alpha value is -1.46. The predicted octanol–water partition coefficient (Wildman–Crippen LogP) is 2.85. The molecular weight excluding hydrogens is 258 g/mol. The highest BCUT2D eigenvalue weighted by Gasteiger charge is 2.18. The Morgan fingerprint density at radius 3 is 3.05 bits per heavy atom. The second kappa shape index (κ2) is 5.27. The van der Waals surface area contributed by atoms with Crippen LogP contribution in [0, 0.1) is 4.77 Å². The van der Waals surface area contributed by atoms with Crippen LogP contribution in [0.4, 0.5) is 0 Å². The van der Waals surface area contributed by atoms with Crippen LogP contribution in [0.25, 0.3) is 0 Å². The van der Waals surface area contributed by atoms with Gasteiger partial charge in [0.25, 0.3) is 0 Å². The Bertz CT molecular complexity index is 632. The maximum absolute atomic E-state index is 5.76. The molecule has 2 aromatic heterocycles. The summed E-state index contributed by atoms with van der Waals surface area (Å²) in [6.45, 7) is 4.88.